The lowest BCUT2D eigenvalue weighted by molar-refractivity contribution is -0.0584. The molecule has 0 spiro atoms. The lowest BCUT2D eigenvalue weighted by atomic mass is 9.98. The number of nitrogens with two attached hydrogens (primary N) is 1. The fourth-order valence-corrected chi connectivity index (χ4v) is 5.15. The van der Waals surface area contributed by atoms with E-state index in [1.54, 1.807) is 6.92 Å². The van der Waals surface area contributed by atoms with Crippen LogP contribution in [0.5, 0.6) is 0 Å². The number of nitrogens with zero attached hydrogens (tertiary/aromatic N) is 2. The predicted molar refractivity (Wildman–Crippen MR) is 108 cm³/mol. The van der Waals surface area contributed by atoms with Gasteiger partial charge in [-0.1, -0.05) is 27.7 Å². The molecule has 2 rings (SSSR count). The molecule has 11 heteroatoms. The molecule has 4 N–H and O–H groups in total. The van der Waals surface area contributed by atoms with Crippen LogP contribution in [0.15, 0.2) is 17.1 Å². The number of nitrogen functional groups attached to an aromatic ring is 1. The summed E-state index contributed by atoms with van der Waals surface area (Å²) in [4.78, 5) is 15.6. The Morgan fingerprint density at radius 1 is 1.52 bits per heavy atom. The molecule has 1 saturated heterocycles. The summed E-state index contributed by atoms with van der Waals surface area (Å²) in [5, 5.41) is 13.5. The topological polar surface area (TPSA) is 129 Å². The third-order valence-electron chi connectivity index (χ3n) is 5.29. The number of halogens is 1. The minimum Gasteiger partial charge on any atom is -0.387 e. The molecule has 0 saturated carbocycles. The average molecular weight is 434 g/mol. The summed E-state index contributed by atoms with van der Waals surface area (Å²) >= 11 is 0. The first-order valence-electron chi connectivity index (χ1n) is 9.83. The molecule has 2 heterocycles. The Bertz CT molecular complexity index is 803. The highest BCUT2D eigenvalue weighted by molar-refractivity contribution is 7.56. The maximum absolute atomic E-state index is 15.2. The van der Waals surface area contributed by atoms with Crippen molar-refractivity contribution in [1.29, 1.82) is 0 Å². The molecule has 9 nitrogen and oxygen atoms in total. The van der Waals surface area contributed by atoms with Gasteiger partial charge in [0.25, 0.3) is 7.52 Å². The lowest BCUT2D eigenvalue weighted by Crippen LogP contribution is -2.43. The van der Waals surface area contributed by atoms with E-state index in [0.29, 0.717) is 0 Å². The number of anilines is 1. The Hall–Kier alpha value is -1.32. The molecule has 1 fully saturated rings. The summed E-state index contributed by atoms with van der Waals surface area (Å²) < 4.78 is 40.4. The van der Waals surface area contributed by atoms with E-state index in [1.165, 1.54) is 12.3 Å². The molecule has 1 unspecified atom stereocenters. The first-order chi connectivity index (χ1) is 13.4. The third kappa shape index (κ3) is 5.24. The van der Waals surface area contributed by atoms with Gasteiger partial charge in [-0.25, -0.2) is 14.3 Å². The Kier molecular flexibility index (Phi) is 7.62. The second-order valence-electron chi connectivity index (χ2n) is 7.84. The highest BCUT2D eigenvalue weighted by atomic mass is 31.2. The minimum atomic E-state index is -3.22. The standard InChI is InChI=1S/C18H32FN4O5P/c1-6-12(11(3)4)22-29(26,7-2)27-10-13-15(24)18(5,19)16(28-13)23-9-8-14(20)21-17(23)25/h8-9,11-13,15-16,24H,6-7,10H2,1-5H3,(H,22,26)(H2,20,21,25)/t12-,13-,15-,16-,18-,29?/m1/s1. The molecule has 6 atom stereocenters. The van der Waals surface area contributed by atoms with E-state index in [4.69, 9.17) is 15.0 Å². The van der Waals surface area contributed by atoms with Crippen LogP contribution in [0, 0.1) is 5.92 Å². The van der Waals surface area contributed by atoms with Gasteiger partial charge < -0.3 is 20.1 Å². The molecule has 0 bridgehead atoms. The molecular weight excluding hydrogens is 402 g/mol. The summed E-state index contributed by atoms with van der Waals surface area (Å²) in [6, 6.07) is 1.33. The Balaban J connectivity index is 2.15. The molecule has 0 aliphatic carbocycles. The number of rotatable bonds is 9. The van der Waals surface area contributed by atoms with E-state index in [0.717, 1.165) is 17.9 Å². The van der Waals surface area contributed by atoms with Crippen LogP contribution in [-0.4, -0.2) is 51.3 Å². The zero-order valence-corrected chi connectivity index (χ0v) is 18.4. The van der Waals surface area contributed by atoms with Crippen LogP contribution in [0.25, 0.3) is 0 Å². The van der Waals surface area contributed by atoms with E-state index >= 15 is 4.39 Å². The van der Waals surface area contributed by atoms with E-state index in [9.17, 15) is 14.5 Å². The molecule has 1 aliphatic heterocycles. The number of aromatic nitrogens is 2. The second kappa shape index (κ2) is 9.22. The van der Waals surface area contributed by atoms with Crippen molar-refractivity contribution >= 4 is 13.3 Å². The van der Waals surface area contributed by atoms with Gasteiger partial charge in [0.05, 0.1) is 6.61 Å². The van der Waals surface area contributed by atoms with Crippen LogP contribution in [0.4, 0.5) is 10.2 Å². The van der Waals surface area contributed by atoms with Crippen LogP contribution in [0.1, 0.15) is 47.3 Å². The fourth-order valence-electron chi connectivity index (χ4n) is 3.33. The normalized spacial score (nSPS) is 30.4. The minimum absolute atomic E-state index is 0.00386. The largest absolute Gasteiger partial charge is 0.387 e. The van der Waals surface area contributed by atoms with Gasteiger partial charge in [0.2, 0.25) is 0 Å². The molecule has 1 aromatic rings. The van der Waals surface area contributed by atoms with Gasteiger partial charge in [0.1, 0.15) is 18.0 Å². The summed E-state index contributed by atoms with van der Waals surface area (Å²) in [7, 11) is -3.22. The number of alkyl halides is 1. The summed E-state index contributed by atoms with van der Waals surface area (Å²) in [5.41, 5.74) is 2.38. The zero-order valence-electron chi connectivity index (χ0n) is 17.5. The van der Waals surface area contributed by atoms with E-state index in [1.807, 2.05) is 20.8 Å². The first kappa shape index (κ1) is 24.0. The van der Waals surface area contributed by atoms with Crippen LogP contribution in [-0.2, 0) is 13.8 Å². The number of hydrogen-bond donors (Lipinski definition) is 3. The van der Waals surface area contributed by atoms with E-state index in [-0.39, 0.29) is 30.5 Å². The van der Waals surface area contributed by atoms with Gasteiger partial charge >= 0.3 is 5.69 Å². The number of hydrogen-bond acceptors (Lipinski definition) is 7. The molecule has 0 aromatic carbocycles. The van der Waals surface area contributed by atoms with Gasteiger partial charge in [-0.05, 0) is 25.3 Å². The average Bonchev–Trinajstić information content (AvgIpc) is 2.88. The number of aliphatic hydroxyl groups excluding tert-OH is 1. The molecule has 1 aromatic heterocycles. The van der Waals surface area contributed by atoms with Crippen molar-refractivity contribution in [1.82, 2.24) is 14.6 Å². The van der Waals surface area contributed by atoms with Crippen molar-refractivity contribution in [3.05, 3.63) is 22.7 Å². The number of nitrogens with one attached hydrogen (secondary N) is 1. The van der Waals surface area contributed by atoms with E-state index < -0.39 is 37.3 Å². The van der Waals surface area contributed by atoms with Crippen molar-refractivity contribution < 1.29 is 23.3 Å². The highest BCUT2D eigenvalue weighted by Gasteiger charge is 2.55. The molecule has 166 valence electrons. The number of aliphatic hydroxyl groups is 1. The molecule has 0 amide bonds. The van der Waals surface area contributed by atoms with Gasteiger partial charge in [-0.3, -0.25) is 9.13 Å². The zero-order chi connectivity index (χ0) is 22.0. The van der Waals surface area contributed by atoms with Crippen molar-refractivity contribution in [2.45, 2.75) is 71.2 Å². The summed E-state index contributed by atoms with van der Waals surface area (Å²) in [6.45, 7) is 8.59. The monoisotopic (exact) mass is 434 g/mol. The van der Waals surface area contributed by atoms with E-state index in [2.05, 4.69) is 10.1 Å². The molecule has 1 aliphatic rings. The fraction of sp³-hybridized carbons (Fsp3) is 0.778. The van der Waals surface area contributed by atoms with Crippen LogP contribution in [0.3, 0.4) is 0 Å². The maximum Gasteiger partial charge on any atom is 0.351 e. The van der Waals surface area contributed by atoms with Crippen LogP contribution in [0.2, 0.25) is 0 Å². The van der Waals surface area contributed by atoms with Crippen molar-refractivity contribution in [2.75, 3.05) is 18.5 Å². The maximum atomic E-state index is 15.2. The van der Waals surface area contributed by atoms with Crippen molar-refractivity contribution in [3.63, 3.8) is 0 Å². The van der Waals surface area contributed by atoms with Gasteiger partial charge in [0, 0.05) is 18.4 Å². The third-order valence-corrected chi connectivity index (χ3v) is 7.42. The SMILES string of the molecule is CC[C@@H](NP(=O)(CC)OC[C@H]1O[C@@H](n2ccc(N)nc2=O)[C@](C)(F)[C@@H]1O)C(C)C. The smallest absolute Gasteiger partial charge is 0.351 e. The van der Waals surface area contributed by atoms with Gasteiger partial charge in [-0.2, -0.15) is 4.98 Å². The van der Waals surface area contributed by atoms with Crippen LogP contribution < -0.4 is 16.5 Å². The second-order valence-corrected chi connectivity index (χ2v) is 10.3. The highest BCUT2D eigenvalue weighted by Crippen LogP contribution is 2.46. The van der Waals surface area contributed by atoms with Gasteiger partial charge in [0.15, 0.2) is 11.9 Å². The molecule has 29 heavy (non-hydrogen) atoms. The van der Waals surface area contributed by atoms with Crippen molar-refractivity contribution in [2.24, 2.45) is 5.92 Å². The van der Waals surface area contributed by atoms with Crippen LogP contribution >= 0.6 is 7.52 Å². The molecular formula is C18H32FN4O5P. The quantitative estimate of drug-likeness (QED) is 0.504. The predicted octanol–water partition coefficient (Wildman–Crippen LogP) is 2.07. The lowest BCUT2D eigenvalue weighted by Gasteiger charge is -2.28. The number of ether oxygens (including phenoxy) is 1. The van der Waals surface area contributed by atoms with Crippen molar-refractivity contribution in [3.8, 4) is 0 Å². The Labute approximate surface area is 170 Å². The Morgan fingerprint density at radius 3 is 2.69 bits per heavy atom. The summed E-state index contributed by atoms with van der Waals surface area (Å²) in [6.07, 6.45) is -1.85. The van der Waals surface area contributed by atoms with Gasteiger partial charge in [-0.15, -0.1) is 0 Å². The molecule has 0 radical (unpaired) electrons. The summed E-state index contributed by atoms with van der Waals surface area (Å²) in [5.74, 6) is 0.246. The first-order valence-corrected chi connectivity index (χ1v) is 11.6. The Morgan fingerprint density at radius 2 is 2.17 bits per heavy atom.